The highest BCUT2D eigenvalue weighted by atomic mass is 19.1. The van der Waals surface area contributed by atoms with Crippen molar-refractivity contribution in [3.63, 3.8) is 0 Å². The minimum absolute atomic E-state index is 0.170. The number of halogens is 2. The minimum atomic E-state index is -0.783. The number of rotatable bonds is 4. The zero-order valence-corrected chi connectivity index (χ0v) is 18.6. The first-order valence-electron chi connectivity index (χ1n) is 11.8. The van der Waals surface area contributed by atoms with Gasteiger partial charge in [0.25, 0.3) is 0 Å². The van der Waals surface area contributed by atoms with Crippen molar-refractivity contribution < 1.29 is 13.6 Å². The summed E-state index contributed by atoms with van der Waals surface area (Å²) in [6, 6.07) is 7.02. The zero-order chi connectivity index (χ0) is 22.8. The van der Waals surface area contributed by atoms with Crippen LogP contribution in [-0.2, 0) is 6.54 Å². The molecule has 0 radical (unpaired) electrons. The van der Waals surface area contributed by atoms with E-state index in [-0.39, 0.29) is 17.8 Å². The van der Waals surface area contributed by atoms with Crippen LogP contribution in [0.5, 0.6) is 0 Å². The zero-order valence-electron chi connectivity index (χ0n) is 18.6. The fourth-order valence-electron chi connectivity index (χ4n) is 5.54. The number of amides is 2. The third-order valence-electron chi connectivity index (χ3n) is 6.97. The van der Waals surface area contributed by atoms with E-state index in [0.29, 0.717) is 25.3 Å². The molecule has 1 saturated carbocycles. The van der Waals surface area contributed by atoms with Gasteiger partial charge in [0.1, 0.15) is 23.0 Å². The number of hydrogen-bond acceptors (Lipinski definition) is 4. The molecule has 5 rings (SSSR count). The number of benzene rings is 1. The summed E-state index contributed by atoms with van der Waals surface area (Å²) in [5.41, 5.74) is 0.526. The number of piperidine rings is 1. The number of nitrogens with zero attached hydrogens (tertiary/aromatic N) is 4. The van der Waals surface area contributed by atoms with Gasteiger partial charge in [0.05, 0.1) is 11.7 Å². The lowest BCUT2D eigenvalue weighted by atomic mass is 9.85. The number of aromatic nitrogens is 1. The van der Waals surface area contributed by atoms with Crippen LogP contribution in [0, 0.1) is 11.6 Å². The molecular formula is C25H29F2N5O. The molecule has 1 N–H and O–H groups in total. The van der Waals surface area contributed by atoms with Crippen molar-refractivity contribution in [2.45, 2.75) is 63.1 Å². The summed E-state index contributed by atoms with van der Waals surface area (Å²) < 4.78 is 28.3. The second-order valence-electron chi connectivity index (χ2n) is 9.37. The van der Waals surface area contributed by atoms with Gasteiger partial charge in [-0.1, -0.05) is 25.3 Å². The summed E-state index contributed by atoms with van der Waals surface area (Å²) in [5.74, 6) is -0.762. The van der Waals surface area contributed by atoms with E-state index >= 15 is 0 Å². The summed E-state index contributed by atoms with van der Waals surface area (Å²) in [5, 5.41) is 2.99. The van der Waals surface area contributed by atoms with E-state index in [0.717, 1.165) is 50.3 Å². The molecular weight excluding hydrogens is 424 g/mol. The molecule has 3 fully saturated rings. The fraction of sp³-hybridized carbons (Fsp3) is 0.480. The maximum Gasteiger partial charge on any atom is 0.328 e. The Morgan fingerprint density at radius 3 is 2.64 bits per heavy atom. The molecule has 1 aromatic heterocycles. The Morgan fingerprint density at radius 2 is 1.91 bits per heavy atom. The van der Waals surface area contributed by atoms with Crippen LogP contribution in [0.3, 0.4) is 0 Å². The summed E-state index contributed by atoms with van der Waals surface area (Å²) in [7, 11) is 0. The fourth-order valence-corrected chi connectivity index (χ4v) is 5.54. The molecule has 6 nitrogen and oxygen atoms in total. The first kappa shape index (κ1) is 21.9. The summed E-state index contributed by atoms with van der Waals surface area (Å²) in [4.78, 5) is 26.3. The lowest BCUT2D eigenvalue weighted by Gasteiger charge is -2.44. The Morgan fingerprint density at radius 1 is 1.12 bits per heavy atom. The molecule has 8 heteroatoms. The Hall–Kier alpha value is -2.87. The molecule has 33 heavy (non-hydrogen) atoms. The van der Waals surface area contributed by atoms with Crippen molar-refractivity contribution in [2.24, 2.45) is 4.99 Å². The average Bonchev–Trinajstić information content (AvgIpc) is 3.04. The predicted molar refractivity (Wildman–Crippen MR) is 123 cm³/mol. The van der Waals surface area contributed by atoms with Crippen LogP contribution in [0.25, 0.3) is 0 Å². The quantitative estimate of drug-likeness (QED) is 0.733. The highest BCUT2D eigenvalue weighted by molar-refractivity contribution is 6.19. The number of carbonyl (C=O) groups is 1. The van der Waals surface area contributed by atoms with Crippen molar-refractivity contribution >= 4 is 17.6 Å². The number of amidine groups is 1. The van der Waals surface area contributed by atoms with Gasteiger partial charge in [0.2, 0.25) is 0 Å². The van der Waals surface area contributed by atoms with Crippen LogP contribution in [0.15, 0.2) is 47.7 Å². The summed E-state index contributed by atoms with van der Waals surface area (Å²) in [6.07, 6.45) is 10.6. The van der Waals surface area contributed by atoms with Gasteiger partial charge in [-0.2, -0.15) is 0 Å². The smallest absolute Gasteiger partial charge is 0.296 e. The molecule has 2 aromatic rings. The van der Waals surface area contributed by atoms with E-state index in [1.165, 1.54) is 23.5 Å². The molecule has 1 aromatic carbocycles. The van der Waals surface area contributed by atoms with E-state index < -0.39 is 17.2 Å². The van der Waals surface area contributed by atoms with Gasteiger partial charge in [0.15, 0.2) is 0 Å². The number of likely N-dealkylation sites (tertiary alicyclic amines) is 1. The van der Waals surface area contributed by atoms with Crippen molar-refractivity contribution in [1.82, 2.24) is 15.2 Å². The van der Waals surface area contributed by atoms with Gasteiger partial charge in [-0.05, 0) is 56.0 Å². The highest BCUT2D eigenvalue weighted by Gasteiger charge is 2.54. The molecule has 3 heterocycles. The van der Waals surface area contributed by atoms with E-state index in [4.69, 9.17) is 4.99 Å². The maximum atomic E-state index is 14.2. The number of urea groups is 1. The molecule has 2 saturated heterocycles. The molecule has 1 spiro atoms. The molecule has 2 aliphatic heterocycles. The largest absolute Gasteiger partial charge is 0.328 e. The normalized spacial score (nSPS) is 25.7. The first-order valence-corrected chi connectivity index (χ1v) is 11.8. The second-order valence-corrected chi connectivity index (χ2v) is 9.37. The molecule has 1 aliphatic carbocycles. The van der Waals surface area contributed by atoms with Crippen LogP contribution in [0.2, 0.25) is 0 Å². The molecule has 3 aliphatic rings. The standard InChI is InChI=1S/C25H29F2N5O/c26-19-12-20(27)14-22(13-19)32-24(33)30-23(29-21-7-2-1-3-8-21)25(32)9-5-11-31(17-25)16-18-6-4-10-28-15-18/h4,6,10,12-15,21H,1-3,5,7-9,11,16-17H2,(H,29,30,33). The van der Waals surface area contributed by atoms with Crippen LogP contribution < -0.4 is 10.2 Å². The van der Waals surface area contributed by atoms with E-state index in [1.807, 2.05) is 18.3 Å². The molecule has 1 unspecified atom stereocenters. The number of hydrogen-bond donors (Lipinski definition) is 1. The highest BCUT2D eigenvalue weighted by Crippen LogP contribution is 2.38. The topological polar surface area (TPSA) is 60.8 Å². The number of anilines is 1. The molecule has 2 amide bonds. The number of nitrogens with one attached hydrogen (secondary N) is 1. The summed E-state index contributed by atoms with van der Waals surface area (Å²) in [6.45, 7) is 2.09. The third-order valence-corrected chi connectivity index (χ3v) is 6.97. The van der Waals surface area contributed by atoms with Gasteiger partial charge in [-0.25, -0.2) is 13.6 Å². The SMILES string of the molecule is O=C1NC(=NC2CCCCC2)C2(CCCN(Cc3cccnc3)C2)N1c1cc(F)cc(F)c1. The van der Waals surface area contributed by atoms with Gasteiger partial charge in [-0.15, -0.1) is 0 Å². The van der Waals surface area contributed by atoms with Gasteiger partial charge >= 0.3 is 6.03 Å². The average molecular weight is 454 g/mol. The van der Waals surface area contributed by atoms with Crippen LogP contribution in [0.1, 0.15) is 50.5 Å². The molecule has 1 atom stereocenters. The Bertz CT molecular complexity index is 1020. The number of aliphatic imine (C=N–C) groups is 1. The predicted octanol–water partition coefficient (Wildman–Crippen LogP) is 4.66. The van der Waals surface area contributed by atoms with Gasteiger partial charge < -0.3 is 0 Å². The van der Waals surface area contributed by atoms with Gasteiger partial charge in [0, 0.05) is 31.5 Å². The van der Waals surface area contributed by atoms with E-state index in [1.54, 1.807) is 6.20 Å². The Labute approximate surface area is 192 Å². The first-order chi connectivity index (χ1) is 16.0. The third kappa shape index (κ3) is 4.49. The van der Waals surface area contributed by atoms with Crippen LogP contribution in [0.4, 0.5) is 19.3 Å². The number of pyridine rings is 1. The van der Waals surface area contributed by atoms with E-state index in [9.17, 15) is 13.6 Å². The van der Waals surface area contributed by atoms with Gasteiger partial charge in [-0.3, -0.25) is 25.1 Å². The monoisotopic (exact) mass is 453 g/mol. The van der Waals surface area contributed by atoms with E-state index in [2.05, 4.69) is 15.2 Å². The minimum Gasteiger partial charge on any atom is -0.296 e. The van der Waals surface area contributed by atoms with Crippen LogP contribution >= 0.6 is 0 Å². The van der Waals surface area contributed by atoms with Crippen LogP contribution in [-0.4, -0.2) is 46.4 Å². The van der Waals surface area contributed by atoms with Crippen molar-refractivity contribution in [1.29, 1.82) is 0 Å². The number of carbonyl (C=O) groups excluding carboxylic acids is 1. The maximum absolute atomic E-state index is 14.2. The van der Waals surface area contributed by atoms with Crippen molar-refractivity contribution in [3.8, 4) is 0 Å². The Balaban J connectivity index is 1.53. The Kier molecular flexibility index (Phi) is 6.10. The molecule has 0 bridgehead atoms. The lowest BCUT2D eigenvalue weighted by Crippen LogP contribution is -2.60. The molecule has 174 valence electrons. The lowest BCUT2D eigenvalue weighted by molar-refractivity contribution is 0.175. The summed E-state index contributed by atoms with van der Waals surface area (Å²) >= 11 is 0. The van der Waals surface area contributed by atoms with Crippen molar-refractivity contribution in [2.75, 3.05) is 18.0 Å². The van der Waals surface area contributed by atoms with Crippen molar-refractivity contribution in [3.05, 3.63) is 59.9 Å². The second kappa shape index (κ2) is 9.17.